The number of nitrogens with zero attached hydrogens (tertiary/aromatic N) is 8. The molecule has 2 aliphatic rings. The second-order valence-electron chi connectivity index (χ2n) is 9.96. The Hall–Kier alpha value is -4.90. The molecule has 2 saturated heterocycles. The summed E-state index contributed by atoms with van der Waals surface area (Å²) in [6.07, 6.45) is 7.49. The first-order valence-corrected chi connectivity index (χ1v) is 13.4. The van der Waals surface area contributed by atoms with Crippen LogP contribution in [0.1, 0.15) is 12.8 Å². The third-order valence-electron chi connectivity index (χ3n) is 7.48. The Balaban J connectivity index is 1.11. The molecule has 0 saturated carbocycles. The van der Waals surface area contributed by atoms with Gasteiger partial charge in [-0.15, -0.1) is 10.2 Å². The van der Waals surface area contributed by atoms with E-state index >= 15 is 0 Å². The van der Waals surface area contributed by atoms with Gasteiger partial charge >= 0.3 is 0 Å². The van der Waals surface area contributed by atoms with E-state index in [4.69, 9.17) is 10.5 Å². The van der Waals surface area contributed by atoms with Gasteiger partial charge in [0.15, 0.2) is 11.6 Å². The molecule has 200 valence electrons. The first-order valence-electron chi connectivity index (χ1n) is 13.4. The summed E-state index contributed by atoms with van der Waals surface area (Å²) in [5.41, 5.74) is 7.84. The minimum Gasteiger partial charge on any atom is -0.420 e. The number of anilines is 4. The maximum atomic E-state index is 6.00. The summed E-state index contributed by atoms with van der Waals surface area (Å²) in [6.45, 7) is 4.26. The zero-order chi connectivity index (χ0) is 26.9. The lowest BCUT2D eigenvalue weighted by Crippen LogP contribution is -2.50. The highest BCUT2D eigenvalue weighted by molar-refractivity contribution is 5.99. The molecular weight excluding hydrogens is 504 g/mol. The number of hydrogen-bond acceptors (Lipinski definition) is 11. The number of pyridine rings is 2. The molecule has 0 aliphatic carbocycles. The van der Waals surface area contributed by atoms with Crippen molar-refractivity contribution < 1.29 is 4.74 Å². The van der Waals surface area contributed by atoms with E-state index in [1.54, 1.807) is 30.7 Å². The molecular formula is C29H28N10O. The van der Waals surface area contributed by atoms with E-state index in [1.807, 2.05) is 24.3 Å². The molecule has 40 heavy (non-hydrogen) atoms. The van der Waals surface area contributed by atoms with Crippen LogP contribution in [-0.4, -0.2) is 67.3 Å². The number of piperazine rings is 1. The zero-order valence-corrected chi connectivity index (χ0v) is 21.8. The van der Waals surface area contributed by atoms with Crippen LogP contribution in [0.3, 0.4) is 0 Å². The minimum absolute atomic E-state index is 0.181. The van der Waals surface area contributed by atoms with Crippen LogP contribution in [0.5, 0.6) is 11.8 Å². The van der Waals surface area contributed by atoms with E-state index in [-0.39, 0.29) is 5.95 Å². The van der Waals surface area contributed by atoms with Crippen molar-refractivity contribution in [3.05, 3.63) is 73.2 Å². The predicted molar refractivity (Wildman–Crippen MR) is 154 cm³/mol. The average molecular weight is 533 g/mol. The van der Waals surface area contributed by atoms with Crippen molar-refractivity contribution in [1.29, 1.82) is 0 Å². The summed E-state index contributed by atoms with van der Waals surface area (Å²) in [6, 6.07) is 18.0. The van der Waals surface area contributed by atoms with E-state index < -0.39 is 0 Å². The van der Waals surface area contributed by atoms with Crippen LogP contribution in [0.4, 0.5) is 23.3 Å². The van der Waals surface area contributed by atoms with Gasteiger partial charge in [0, 0.05) is 54.9 Å². The first-order chi connectivity index (χ1) is 19.7. The molecule has 2 fully saturated rings. The van der Waals surface area contributed by atoms with Gasteiger partial charge in [0.25, 0.3) is 0 Å². The molecule has 0 radical (unpaired) electrons. The van der Waals surface area contributed by atoms with Gasteiger partial charge in [0.05, 0.1) is 23.1 Å². The Kier molecular flexibility index (Phi) is 6.25. The number of aromatic nitrogens is 6. The Morgan fingerprint density at radius 2 is 1.80 bits per heavy atom. The van der Waals surface area contributed by atoms with Gasteiger partial charge in [-0.3, -0.25) is 4.90 Å². The largest absolute Gasteiger partial charge is 0.420 e. The summed E-state index contributed by atoms with van der Waals surface area (Å²) in [4.78, 5) is 22.1. The number of benzene rings is 1. The highest BCUT2D eigenvalue weighted by Crippen LogP contribution is 2.33. The van der Waals surface area contributed by atoms with Crippen molar-refractivity contribution in [2.24, 2.45) is 0 Å². The van der Waals surface area contributed by atoms with E-state index in [2.05, 4.69) is 63.4 Å². The Morgan fingerprint density at radius 3 is 2.67 bits per heavy atom. The Morgan fingerprint density at radius 1 is 0.875 bits per heavy atom. The molecule has 2 aliphatic heterocycles. The molecule has 0 spiro atoms. The van der Waals surface area contributed by atoms with Gasteiger partial charge in [-0.05, 0) is 43.7 Å². The van der Waals surface area contributed by atoms with E-state index in [1.165, 1.54) is 19.4 Å². The fourth-order valence-electron chi connectivity index (χ4n) is 5.54. The van der Waals surface area contributed by atoms with Crippen LogP contribution < -0.4 is 20.7 Å². The molecule has 1 aromatic carbocycles. The molecule has 1 unspecified atom stereocenters. The number of fused-ring (bicyclic) bond motifs is 2. The second kappa shape index (κ2) is 10.3. The lowest BCUT2D eigenvalue weighted by atomic mass is 10.1. The lowest BCUT2D eigenvalue weighted by molar-refractivity contribution is 0.230. The maximum absolute atomic E-state index is 6.00. The number of nitrogen functional groups attached to an aromatic ring is 1. The van der Waals surface area contributed by atoms with E-state index in [9.17, 15) is 0 Å². The molecule has 6 heterocycles. The SMILES string of the molecule is Nc1nccc(-c2cccnc2Oc2ccc(Nc3nnc(N4CCN5CCCC5C4)c4ccccc34)cn2)n1. The van der Waals surface area contributed by atoms with Crippen LogP contribution in [0.25, 0.3) is 22.0 Å². The molecule has 11 heteroatoms. The van der Waals surface area contributed by atoms with Crippen LogP contribution >= 0.6 is 0 Å². The lowest BCUT2D eigenvalue weighted by Gasteiger charge is -2.38. The number of ether oxygens (including phenoxy) is 1. The molecule has 11 nitrogen and oxygen atoms in total. The van der Waals surface area contributed by atoms with Crippen molar-refractivity contribution in [2.45, 2.75) is 18.9 Å². The third-order valence-corrected chi connectivity index (χ3v) is 7.48. The van der Waals surface area contributed by atoms with Crippen LogP contribution in [0.2, 0.25) is 0 Å². The fraction of sp³-hybridized carbons (Fsp3) is 0.241. The van der Waals surface area contributed by atoms with E-state index in [0.717, 1.165) is 41.9 Å². The molecule has 0 bridgehead atoms. The number of hydrogen-bond donors (Lipinski definition) is 2. The molecule has 0 amide bonds. The zero-order valence-electron chi connectivity index (χ0n) is 21.8. The number of nitrogens with one attached hydrogen (secondary N) is 1. The van der Waals surface area contributed by atoms with Crippen LogP contribution in [-0.2, 0) is 0 Å². The van der Waals surface area contributed by atoms with Crippen molar-refractivity contribution in [1.82, 2.24) is 35.0 Å². The van der Waals surface area contributed by atoms with Gasteiger partial charge in [0.1, 0.15) is 0 Å². The minimum atomic E-state index is 0.181. The van der Waals surface area contributed by atoms with Gasteiger partial charge < -0.3 is 20.7 Å². The molecule has 3 N–H and O–H groups in total. The van der Waals surface area contributed by atoms with Crippen molar-refractivity contribution in [3.8, 4) is 23.0 Å². The standard InChI is InChI=1S/C29H28N10O/c30-29-32-13-11-24(35-29)23-8-3-12-31-28(23)40-25-10-9-19(17-33-25)34-26-21-6-1-2-7-22(21)27(37-36-26)39-16-15-38-14-4-5-20(38)18-39/h1-3,6-13,17,20H,4-5,14-16,18H2,(H,34,36)(H2,30,32,35). The van der Waals surface area contributed by atoms with Gasteiger partial charge in [-0.25, -0.2) is 19.9 Å². The summed E-state index contributed by atoms with van der Waals surface area (Å²) in [7, 11) is 0. The normalized spacial score (nSPS) is 17.1. The number of nitrogens with two attached hydrogens (primary N) is 1. The summed E-state index contributed by atoms with van der Waals surface area (Å²) < 4.78 is 6.00. The predicted octanol–water partition coefficient (Wildman–Crippen LogP) is 4.28. The Bertz CT molecular complexity index is 1660. The summed E-state index contributed by atoms with van der Waals surface area (Å²) in [5.74, 6) is 2.58. The average Bonchev–Trinajstić information content (AvgIpc) is 3.47. The summed E-state index contributed by atoms with van der Waals surface area (Å²) in [5, 5.41) is 14.8. The van der Waals surface area contributed by atoms with Crippen molar-refractivity contribution >= 4 is 34.0 Å². The van der Waals surface area contributed by atoms with E-state index in [0.29, 0.717) is 34.9 Å². The van der Waals surface area contributed by atoms with Gasteiger partial charge in [-0.2, -0.15) is 0 Å². The summed E-state index contributed by atoms with van der Waals surface area (Å²) >= 11 is 0. The Labute approximate surface area is 231 Å². The topological polar surface area (TPSA) is 131 Å². The van der Waals surface area contributed by atoms with Crippen molar-refractivity contribution in [2.75, 3.05) is 42.1 Å². The van der Waals surface area contributed by atoms with Crippen LogP contribution in [0.15, 0.2) is 73.2 Å². The third kappa shape index (κ3) is 4.71. The monoisotopic (exact) mass is 532 g/mol. The van der Waals surface area contributed by atoms with Gasteiger partial charge in [0.2, 0.25) is 17.7 Å². The highest BCUT2D eigenvalue weighted by Gasteiger charge is 2.32. The van der Waals surface area contributed by atoms with Gasteiger partial charge in [-0.1, -0.05) is 24.3 Å². The quantitative estimate of drug-likeness (QED) is 0.325. The number of rotatable bonds is 6. The van der Waals surface area contributed by atoms with Crippen molar-refractivity contribution in [3.63, 3.8) is 0 Å². The molecule has 1 atom stereocenters. The first kappa shape index (κ1) is 24.2. The van der Waals surface area contributed by atoms with Crippen LogP contribution in [0, 0.1) is 0 Å². The smallest absolute Gasteiger partial charge is 0.230 e. The maximum Gasteiger partial charge on any atom is 0.230 e. The molecule has 5 aromatic rings. The second-order valence-corrected chi connectivity index (χ2v) is 9.96. The highest BCUT2D eigenvalue weighted by atomic mass is 16.5. The fourth-order valence-corrected chi connectivity index (χ4v) is 5.54. The molecule has 4 aromatic heterocycles. The molecule has 7 rings (SSSR count).